The summed E-state index contributed by atoms with van der Waals surface area (Å²) in [6.45, 7) is 4.35. The molecule has 4 rings (SSSR count). The molecule has 0 spiro atoms. The molecule has 0 radical (unpaired) electrons. The largest absolute Gasteiger partial charge is 0.416 e. The molecule has 2 aromatic carbocycles. The summed E-state index contributed by atoms with van der Waals surface area (Å²) < 4.78 is 80.1. The normalized spacial score (nSPS) is 23.6. The summed E-state index contributed by atoms with van der Waals surface area (Å²) in [7, 11) is -1.74. The number of halogens is 5. The molecule has 42 heavy (non-hydrogen) atoms. The Labute approximate surface area is 248 Å². The molecule has 1 aliphatic heterocycles. The van der Waals surface area contributed by atoms with Gasteiger partial charge in [0, 0.05) is 35.3 Å². The summed E-state index contributed by atoms with van der Waals surface area (Å²) in [5, 5.41) is 2.86. The second-order valence-corrected chi connectivity index (χ2v) is 13.8. The number of rotatable bonds is 8. The number of hydrogen-bond donors (Lipinski definition) is 1. The molecule has 1 saturated carbocycles. The van der Waals surface area contributed by atoms with E-state index >= 15 is 0 Å². The number of nitrogens with one attached hydrogen (secondary N) is 1. The lowest BCUT2D eigenvalue weighted by Crippen LogP contribution is -2.53. The minimum Gasteiger partial charge on any atom is -0.340 e. The van der Waals surface area contributed by atoms with Gasteiger partial charge in [0.05, 0.1) is 16.2 Å². The Kier molecular flexibility index (Phi) is 9.59. The molecule has 1 heterocycles. The van der Waals surface area contributed by atoms with Gasteiger partial charge < -0.3 is 15.1 Å². The van der Waals surface area contributed by atoms with Gasteiger partial charge in [-0.1, -0.05) is 11.6 Å². The number of amides is 2. The number of sulfone groups is 1. The van der Waals surface area contributed by atoms with Gasteiger partial charge in [0.2, 0.25) is 5.91 Å². The maximum absolute atomic E-state index is 13.9. The molecule has 13 heteroatoms. The highest BCUT2D eigenvalue weighted by molar-refractivity contribution is 7.91. The average Bonchev–Trinajstić information content (AvgIpc) is 3.26. The molecule has 4 atom stereocenters. The van der Waals surface area contributed by atoms with E-state index in [-0.39, 0.29) is 35.7 Å². The van der Waals surface area contributed by atoms with Crippen LogP contribution in [0.25, 0.3) is 0 Å². The summed E-state index contributed by atoms with van der Waals surface area (Å²) in [4.78, 5) is 30.2. The number of carbonyl (C=O) groups is 2. The Morgan fingerprint density at radius 1 is 1.12 bits per heavy atom. The molecular formula is C29H34ClF4N3O4S. The van der Waals surface area contributed by atoms with Gasteiger partial charge in [0.25, 0.3) is 5.91 Å². The van der Waals surface area contributed by atoms with E-state index in [2.05, 4.69) is 24.1 Å². The van der Waals surface area contributed by atoms with E-state index in [1.807, 2.05) is 7.05 Å². The van der Waals surface area contributed by atoms with Crippen LogP contribution in [0.1, 0.15) is 55.5 Å². The van der Waals surface area contributed by atoms with Crippen LogP contribution in [-0.4, -0.2) is 73.5 Å². The van der Waals surface area contributed by atoms with E-state index in [1.165, 1.54) is 24.3 Å². The lowest BCUT2D eigenvalue weighted by Gasteiger charge is -2.44. The van der Waals surface area contributed by atoms with E-state index in [4.69, 9.17) is 11.6 Å². The van der Waals surface area contributed by atoms with Crippen LogP contribution in [0.5, 0.6) is 0 Å². The molecule has 2 fully saturated rings. The first-order chi connectivity index (χ1) is 19.6. The first kappa shape index (κ1) is 32.2. The maximum Gasteiger partial charge on any atom is 0.416 e. The summed E-state index contributed by atoms with van der Waals surface area (Å²) >= 11 is 5.94. The van der Waals surface area contributed by atoms with Gasteiger partial charge in [-0.2, -0.15) is 13.2 Å². The molecule has 1 N–H and O–H groups in total. The van der Waals surface area contributed by atoms with E-state index in [0.29, 0.717) is 36.1 Å². The molecule has 230 valence electrons. The molecule has 2 aliphatic rings. The standard InChI is InChI=1S/C29H34ClF4N3O4S/c1-17(2)36(3)23-6-9-26(19(14-23)16-42(40,41)24-7-4-21(30)5-8-24)37-11-10-25(28(37)39)35-27(38)18-12-20(29(32,33)34)15-22(31)13-18/h4-5,7-8,12-13,15,17,19,23,25-26H,6,9-11,14,16H2,1-3H3,(H,35,38)/t19-,23-,25+,26+/m1/s1. The van der Waals surface area contributed by atoms with E-state index < -0.39 is 62.8 Å². The summed E-state index contributed by atoms with van der Waals surface area (Å²) in [6, 6.07) is 6.35. The molecule has 7 nitrogen and oxygen atoms in total. The Morgan fingerprint density at radius 3 is 2.40 bits per heavy atom. The van der Waals surface area contributed by atoms with E-state index in [0.717, 1.165) is 6.42 Å². The number of likely N-dealkylation sites (tertiary alicyclic amines) is 1. The van der Waals surface area contributed by atoms with Gasteiger partial charge in [-0.3, -0.25) is 9.59 Å². The maximum atomic E-state index is 13.9. The van der Waals surface area contributed by atoms with E-state index in [9.17, 15) is 35.6 Å². The number of hydrogen-bond acceptors (Lipinski definition) is 5. The van der Waals surface area contributed by atoms with Crippen molar-refractivity contribution in [1.82, 2.24) is 15.1 Å². The molecule has 1 saturated heterocycles. The molecule has 0 bridgehead atoms. The third-order valence-electron chi connectivity index (χ3n) is 8.34. The number of carbonyl (C=O) groups excluding carboxylic acids is 2. The fraction of sp³-hybridized carbons (Fsp3) is 0.517. The summed E-state index contributed by atoms with van der Waals surface area (Å²) in [6.07, 6.45) is -2.83. The predicted octanol–water partition coefficient (Wildman–Crippen LogP) is 5.18. The first-order valence-electron chi connectivity index (χ1n) is 13.8. The Bertz CT molecular complexity index is 1420. The first-order valence-corrected chi connectivity index (χ1v) is 15.8. The highest BCUT2D eigenvalue weighted by Gasteiger charge is 2.44. The second kappa shape index (κ2) is 12.5. The third kappa shape index (κ3) is 7.26. The topological polar surface area (TPSA) is 86.8 Å². The van der Waals surface area contributed by atoms with Gasteiger partial charge in [0.1, 0.15) is 11.9 Å². The Balaban J connectivity index is 1.53. The molecule has 2 aromatic rings. The van der Waals surface area contributed by atoms with Crippen molar-refractivity contribution in [1.29, 1.82) is 0 Å². The fourth-order valence-corrected chi connectivity index (χ4v) is 7.71. The lowest BCUT2D eigenvalue weighted by atomic mass is 9.81. The van der Waals surface area contributed by atoms with Crippen molar-refractivity contribution in [2.45, 2.75) is 74.8 Å². The van der Waals surface area contributed by atoms with Gasteiger partial charge in [-0.05, 0) is 95.0 Å². The number of nitrogens with zero attached hydrogens (tertiary/aromatic N) is 2. The molecular weight excluding hydrogens is 598 g/mol. The van der Waals surface area contributed by atoms with Crippen molar-refractivity contribution < 1.29 is 35.6 Å². The highest BCUT2D eigenvalue weighted by atomic mass is 35.5. The van der Waals surface area contributed by atoms with Crippen molar-refractivity contribution >= 4 is 33.3 Å². The van der Waals surface area contributed by atoms with Gasteiger partial charge in [0.15, 0.2) is 9.84 Å². The average molecular weight is 632 g/mol. The van der Waals surface area contributed by atoms with Crippen molar-refractivity contribution in [2.75, 3.05) is 19.3 Å². The lowest BCUT2D eigenvalue weighted by molar-refractivity contribution is -0.138. The fourth-order valence-electron chi connectivity index (χ4n) is 5.92. The third-order valence-corrected chi connectivity index (χ3v) is 10.5. The van der Waals surface area contributed by atoms with Crippen LogP contribution in [0.2, 0.25) is 5.02 Å². The van der Waals surface area contributed by atoms with Crippen LogP contribution in [0.15, 0.2) is 47.4 Å². The van der Waals surface area contributed by atoms with Crippen LogP contribution in [0, 0.1) is 11.7 Å². The van der Waals surface area contributed by atoms with Crippen LogP contribution >= 0.6 is 11.6 Å². The SMILES string of the molecule is CC(C)N(C)[C@@H]1CC[C@H](N2CC[C@H](NC(=O)c3cc(F)cc(C(F)(F)F)c3)C2=O)[C@@H](CS(=O)(=O)c2ccc(Cl)cc2)C1. The zero-order valence-electron chi connectivity index (χ0n) is 23.5. The smallest absolute Gasteiger partial charge is 0.340 e. The zero-order valence-corrected chi connectivity index (χ0v) is 25.1. The highest BCUT2D eigenvalue weighted by Crippen LogP contribution is 2.36. The van der Waals surface area contributed by atoms with Crippen molar-refractivity contribution in [3.8, 4) is 0 Å². The molecule has 2 amide bonds. The Hall–Kier alpha value is -2.70. The summed E-state index contributed by atoms with van der Waals surface area (Å²) in [5.41, 5.74) is -1.85. The Morgan fingerprint density at radius 2 is 1.79 bits per heavy atom. The quantitative estimate of drug-likeness (QED) is 0.406. The number of benzene rings is 2. The number of alkyl halides is 3. The minimum absolute atomic E-state index is 0.107. The van der Waals surface area contributed by atoms with Crippen LogP contribution < -0.4 is 5.32 Å². The van der Waals surface area contributed by atoms with Crippen LogP contribution in [0.3, 0.4) is 0 Å². The predicted molar refractivity (Wildman–Crippen MR) is 150 cm³/mol. The molecule has 1 aliphatic carbocycles. The van der Waals surface area contributed by atoms with Crippen LogP contribution in [0.4, 0.5) is 17.6 Å². The van der Waals surface area contributed by atoms with Gasteiger partial charge >= 0.3 is 6.18 Å². The van der Waals surface area contributed by atoms with Crippen molar-refractivity contribution in [3.05, 3.63) is 64.4 Å². The van der Waals surface area contributed by atoms with Gasteiger partial charge in [-0.15, -0.1) is 0 Å². The van der Waals surface area contributed by atoms with Gasteiger partial charge in [-0.25, -0.2) is 12.8 Å². The second-order valence-electron chi connectivity index (χ2n) is 11.4. The van der Waals surface area contributed by atoms with Crippen LogP contribution in [-0.2, 0) is 20.8 Å². The van der Waals surface area contributed by atoms with Crippen molar-refractivity contribution in [3.63, 3.8) is 0 Å². The van der Waals surface area contributed by atoms with E-state index in [1.54, 1.807) is 4.90 Å². The van der Waals surface area contributed by atoms with Crippen molar-refractivity contribution in [2.24, 2.45) is 5.92 Å². The monoisotopic (exact) mass is 631 g/mol. The zero-order chi connectivity index (χ0) is 31.0. The molecule has 0 unspecified atom stereocenters. The molecule has 0 aromatic heterocycles. The minimum atomic E-state index is -4.85. The summed E-state index contributed by atoms with van der Waals surface area (Å²) in [5.74, 6) is -3.25.